The van der Waals surface area contributed by atoms with Gasteiger partial charge in [0.2, 0.25) is 10.0 Å². The van der Waals surface area contributed by atoms with E-state index in [1.807, 2.05) is 0 Å². The Kier molecular flexibility index (Phi) is 5.69. The van der Waals surface area contributed by atoms with Gasteiger partial charge in [-0.2, -0.15) is 4.31 Å². The van der Waals surface area contributed by atoms with Gasteiger partial charge in [-0.3, -0.25) is 4.79 Å². The lowest BCUT2D eigenvalue weighted by molar-refractivity contribution is 0.0693. The number of carbonyl (C=O) groups is 1. The van der Waals surface area contributed by atoms with Crippen LogP contribution in [0, 0.1) is 5.82 Å². The predicted molar refractivity (Wildman–Crippen MR) is 99.1 cm³/mol. The molecule has 2 aromatic carbocycles. The zero-order chi connectivity index (χ0) is 19.6. The van der Waals surface area contributed by atoms with Gasteiger partial charge in [-0.1, -0.05) is 17.7 Å². The molecule has 0 radical (unpaired) electrons. The van der Waals surface area contributed by atoms with E-state index in [0.717, 1.165) is 0 Å². The van der Waals surface area contributed by atoms with Crippen LogP contribution >= 0.6 is 11.6 Å². The SMILES string of the molecule is COc1ccc(S(=O)(=O)N2CCN(C(=O)c3c(F)cccc3Cl)CC2)cc1. The summed E-state index contributed by atoms with van der Waals surface area (Å²) in [6.07, 6.45) is 0. The molecule has 0 N–H and O–H groups in total. The highest BCUT2D eigenvalue weighted by Crippen LogP contribution is 2.24. The normalized spacial score (nSPS) is 15.6. The largest absolute Gasteiger partial charge is 0.497 e. The molecular formula is C18H18ClFN2O4S. The third kappa shape index (κ3) is 3.92. The van der Waals surface area contributed by atoms with Crippen LogP contribution in [-0.2, 0) is 10.0 Å². The highest BCUT2D eigenvalue weighted by Gasteiger charge is 2.31. The van der Waals surface area contributed by atoms with Crippen LogP contribution in [0.4, 0.5) is 4.39 Å². The Balaban J connectivity index is 1.72. The third-order valence-electron chi connectivity index (χ3n) is 4.40. The molecule has 2 aromatic rings. The molecule has 1 aliphatic heterocycles. The van der Waals surface area contributed by atoms with Crippen LogP contribution in [0.3, 0.4) is 0 Å². The van der Waals surface area contributed by atoms with Crippen molar-refractivity contribution in [1.82, 2.24) is 9.21 Å². The highest BCUT2D eigenvalue weighted by molar-refractivity contribution is 7.89. The number of halogens is 2. The summed E-state index contributed by atoms with van der Waals surface area (Å²) in [4.78, 5) is 14.1. The highest BCUT2D eigenvalue weighted by atomic mass is 35.5. The van der Waals surface area contributed by atoms with Crippen molar-refractivity contribution in [3.8, 4) is 5.75 Å². The smallest absolute Gasteiger partial charge is 0.258 e. The maximum absolute atomic E-state index is 14.0. The van der Waals surface area contributed by atoms with Gasteiger partial charge in [0.15, 0.2) is 0 Å². The van der Waals surface area contributed by atoms with Crippen molar-refractivity contribution in [3.05, 3.63) is 58.9 Å². The molecule has 0 aliphatic carbocycles. The van der Waals surface area contributed by atoms with Crippen molar-refractivity contribution in [1.29, 1.82) is 0 Å². The lowest BCUT2D eigenvalue weighted by atomic mass is 10.1. The number of hydrogen-bond donors (Lipinski definition) is 0. The number of methoxy groups -OCH3 is 1. The number of piperazine rings is 1. The summed E-state index contributed by atoms with van der Waals surface area (Å²) < 4.78 is 45.8. The second kappa shape index (κ2) is 7.84. The molecule has 27 heavy (non-hydrogen) atoms. The number of rotatable bonds is 4. The van der Waals surface area contributed by atoms with Gasteiger partial charge in [-0.05, 0) is 36.4 Å². The first kappa shape index (κ1) is 19.6. The zero-order valence-electron chi connectivity index (χ0n) is 14.6. The van der Waals surface area contributed by atoms with Crippen LogP contribution in [0.15, 0.2) is 47.4 Å². The number of nitrogens with zero attached hydrogens (tertiary/aromatic N) is 2. The Bertz CT molecular complexity index is 922. The van der Waals surface area contributed by atoms with E-state index in [2.05, 4.69) is 0 Å². The molecule has 1 fully saturated rings. The molecule has 0 saturated carbocycles. The molecule has 0 atom stereocenters. The summed E-state index contributed by atoms with van der Waals surface area (Å²) in [5.74, 6) is -0.675. The van der Waals surface area contributed by atoms with Crippen LogP contribution in [-0.4, -0.2) is 56.8 Å². The predicted octanol–water partition coefficient (Wildman–Crippen LogP) is 2.63. The minimum atomic E-state index is -3.68. The van der Waals surface area contributed by atoms with E-state index >= 15 is 0 Å². The van der Waals surface area contributed by atoms with Crippen molar-refractivity contribution < 1.29 is 22.3 Å². The third-order valence-corrected chi connectivity index (χ3v) is 6.63. The Morgan fingerprint density at radius 2 is 1.70 bits per heavy atom. The van der Waals surface area contributed by atoms with Gasteiger partial charge in [0.05, 0.1) is 22.6 Å². The molecule has 0 bridgehead atoms. The van der Waals surface area contributed by atoms with Gasteiger partial charge >= 0.3 is 0 Å². The first-order chi connectivity index (χ1) is 12.8. The van der Waals surface area contributed by atoms with E-state index in [1.54, 1.807) is 12.1 Å². The molecule has 9 heteroatoms. The van der Waals surface area contributed by atoms with Crippen molar-refractivity contribution in [2.24, 2.45) is 0 Å². The van der Waals surface area contributed by atoms with E-state index in [1.165, 1.54) is 46.6 Å². The van der Waals surface area contributed by atoms with E-state index in [4.69, 9.17) is 16.3 Å². The topological polar surface area (TPSA) is 66.9 Å². The number of sulfonamides is 1. The molecule has 0 spiro atoms. The number of carbonyl (C=O) groups excluding carboxylic acids is 1. The Morgan fingerprint density at radius 3 is 2.26 bits per heavy atom. The first-order valence-electron chi connectivity index (χ1n) is 8.22. The average Bonchev–Trinajstić information content (AvgIpc) is 2.68. The maximum atomic E-state index is 14.0. The molecule has 1 amide bonds. The fourth-order valence-electron chi connectivity index (χ4n) is 2.89. The molecule has 1 heterocycles. The molecule has 3 rings (SSSR count). The standard InChI is InChI=1S/C18H18ClFN2O4S/c1-26-13-5-7-14(8-6-13)27(24,25)22-11-9-21(10-12-22)18(23)17-15(19)3-2-4-16(17)20/h2-8H,9-12H2,1H3. The van der Waals surface area contributed by atoms with Gasteiger partial charge in [0.25, 0.3) is 5.91 Å². The quantitative estimate of drug-likeness (QED) is 0.774. The molecule has 0 aromatic heterocycles. The van der Waals surface area contributed by atoms with Gasteiger partial charge in [-0.25, -0.2) is 12.8 Å². The first-order valence-corrected chi connectivity index (χ1v) is 10.0. The fourth-order valence-corrected chi connectivity index (χ4v) is 4.55. The van der Waals surface area contributed by atoms with Crippen LogP contribution in [0.2, 0.25) is 5.02 Å². The van der Waals surface area contributed by atoms with E-state index in [0.29, 0.717) is 5.75 Å². The van der Waals surface area contributed by atoms with E-state index < -0.39 is 21.7 Å². The number of amides is 1. The van der Waals surface area contributed by atoms with Gasteiger partial charge in [0.1, 0.15) is 11.6 Å². The molecule has 6 nitrogen and oxygen atoms in total. The number of ether oxygens (including phenoxy) is 1. The van der Waals surface area contributed by atoms with Crippen molar-refractivity contribution >= 4 is 27.5 Å². The summed E-state index contributed by atoms with van der Waals surface area (Å²) in [5.41, 5.74) is -0.189. The second-order valence-electron chi connectivity index (χ2n) is 5.97. The van der Waals surface area contributed by atoms with Crippen molar-refractivity contribution in [2.75, 3.05) is 33.3 Å². The minimum Gasteiger partial charge on any atom is -0.497 e. The molecule has 0 unspecified atom stereocenters. The fraction of sp³-hybridized carbons (Fsp3) is 0.278. The Morgan fingerprint density at radius 1 is 1.07 bits per heavy atom. The monoisotopic (exact) mass is 412 g/mol. The Hall–Kier alpha value is -2.16. The second-order valence-corrected chi connectivity index (χ2v) is 8.31. The molecule has 144 valence electrons. The summed E-state index contributed by atoms with van der Waals surface area (Å²) in [5, 5.41) is 0.0354. The van der Waals surface area contributed by atoms with Gasteiger partial charge < -0.3 is 9.64 Å². The summed E-state index contributed by atoms with van der Waals surface area (Å²) in [6, 6.07) is 10.1. The van der Waals surface area contributed by atoms with Crippen LogP contribution < -0.4 is 4.74 Å². The number of benzene rings is 2. The van der Waals surface area contributed by atoms with Crippen LogP contribution in [0.25, 0.3) is 0 Å². The number of hydrogen-bond acceptors (Lipinski definition) is 4. The summed E-state index contributed by atoms with van der Waals surface area (Å²) >= 11 is 5.95. The maximum Gasteiger partial charge on any atom is 0.258 e. The van der Waals surface area contributed by atoms with Crippen LogP contribution in [0.5, 0.6) is 5.75 Å². The average molecular weight is 413 g/mol. The summed E-state index contributed by atoms with van der Waals surface area (Å²) in [7, 11) is -2.18. The molecule has 1 aliphatic rings. The minimum absolute atomic E-state index is 0.0354. The van der Waals surface area contributed by atoms with Gasteiger partial charge in [0, 0.05) is 26.2 Å². The van der Waals surface area contributed by atoms with Gasteiger partial charge in [-0.15, -0.1) is 0 Å². The molecular weight excluding hydrogens is 395 g/mol. The Labute approximate surface area is 162 Å². The molecule has 1 saturated heterocycles. The summed E-state index contributed by atoms with van der Waals surface area (Å²) in [6.45, 7) is 0.538. The van der Waals surface area contributed by atoms with Crippen LogP contribution in [0.1, 0.15) is 10.4 Å². The van der Waals surface area contributed by atoms with E-state index in [-0.39, 0.29) is 41.7 Å². The lowest BCUT2D eigenvalue weighted by Gasteiger charge is -2.34. The van der Waals surface area contributed by atoms with E-state index in [9.17, 15) is 17.6 Å². The lowest BCUT2D eigenvalue weighted by Crippen LogP contribution is -2.50. The van der Waals surface area contributed by atoms with Crippen molar-refractivity contribution in [3.63, 3.8) is 0 Å². The van der Waals surface area contributed by atoms with Crippen molar-refractivity contribution in [2.45, 2.75) is 4.90 Å². The zero-order valence-corrected chi connectivity index (χ0v) is 16.1.